The molecule has 0 amide bonds. The Kier molecular flexibility index (Phi) is 6.73. The van der Waals surface area contributed by atoms with Gasteiger partial charge in [0.25, 0.3) is 0 Å². The van der Waals surface area contributed by atoms with Crippen molar-refractivity contribution < 1.29 is 0 Å². The van der Waals surface area contributed by atoms with E-state index in [1.54, 1.807) is 0 Å². The molecule has 0 fully saturated rings. The normalized spacial score (nSPS) is 11.9. The first-order valence-electron chi connectivity index (χ1n) is 18.8. The Bertz CT molecular complexity index is 3480. The van der Waals surface area contributed by atoms with Crippen LogP contribution >= 0.6 is 11.3 Å². The highest BCUT2D eigenvalue weighted by Crippen LogP contribution is 2.44. The summed E-state index contributed by atoms with van der Waals surface area (Å²) in [5.41, 5.74) is 9.71. The Morgan fingerprint density at radius 2 is 1.05 bits per heavy atom. The molecular formula is C50H31N5S. The summed E-state index contributed by atoms with van der Waals surface area (Å²) in [4.78, 5) is 5.17. The Morgan fingerprint density at radius 1 is 0.429 bits per heavy atom. The lowest BCUT2D eigenvalue weighted by molar-refractivity contribution is 0.892. The second-order valence-electron chi connectivity index (χ2n) is 14.2. The van der Waals surface area contributed by atoms with E-state index in [0.717, 1.165) is 50.4 Å². The van der Waals surface area contributed by atoms with Gasteiger partial charge in [0.05, 0.1) is 27.8 Å². The van der Waals surface area contributed by atoms with Crippen LogP contribution in [0.15, 0.2) is 188 Å². The van der Waals surface area contributed by atoms with E-state index in [2.05, 4.69) is 173 Å². The average molecular weight is 734 g/mol. The van der Waals surface area contributed by atoms with Crippen LogP contribution in [-0.4, -0.2) is 23.9 Å². The van der Waals surface area contributed by atoms with Gasteiger partial charge >= 0.3 is 0 Å². The Morgan fingerprint density at radius 3 is 1.86 bits per heavy atom. The third-order valence-electron chi connectivity index (χ3n) is 11.1. The van der Waals surface area contributed by atoms with Gasteiger partial charge < -0.3 is 9.13 Å². The van der Waals surface area contributed by atoms with E-state index < -0.39 is 0 Å². The van der Waals surface area contributed by atoms with Crippen LogP contribution in [0.3, 0.4) is 0 Å². The summed E-state index contributed by atoms with van der Waals surface area (Å²) in [6, 6.07) is 67.0. The van der Waals surface area contributed by atoms with Gasteiger partial charge in [-0.3, -0.25) is 0 Å². The maximum Gasteiger partial charge on any atom is 0.182 e. The summed E-state index contributed by atoms with van der Waals surface area (Å²) in [7, 11) is 0. The fourth-order valence-corrected chi connectivity index (χ4v) is 9.95. The van der Waals surface area contributed by atoms with Gasteiger partial charge in [-0.25, -0.2) is 9.67 Å². The van der Waals surface area contributed by atoms with Crippen LogP contribution < -0.4 is 0 Å². The molecule has 0 atom stereocenters. The van der Waals surface area contributed by atoms with Crippen molar-refractivity contribution in [2.75, 3.05) is 0 Å². The third kappa shape index (κ3) is 4.54. The van der Waals surface area contributed by atoms with Crippen molar-refractivity contribution in [2.45, 2.75) is 0 Å². The van der Waals surface area contributed by atoms with Gasteiger partial charge in [0.1, 0.15) is 0 Å². The number of aromatic nitrogens is 5. The molecule has 0 aliphatic carbocycles. The number of benzene rings is 8. The molecule has 56 heavy (non-hydrogen) atoms. The summed E-state index contributed by atoms with van der Waals surface area (Å²) in [5.74, 6) is 1.48. The zero-order chi connectivity index (χ0) is 36.7. The lowest BCUT2D eigenvalue weighted by Crippen LogP contribution is -2.04. The number of nitrogens with zero attached hydrogens (tertiary/aromatic N) is 5. The molecule has 12 rings (SSSR count). The van der Waals surface area contributed by atoms with Gasteiger partial charge in [-0.15, -0.1) is 16.4 Å². The van der Waals surface area contributed by atoms with E-state index in [-0.39, 0.29) is 0 Å². The predicted octanol–water partition coefficient (Wildman–Crippen LogP) is 13.2. The van der Waals surface area contributed by atoms with E-state index >= 15 is 0 Å². The highest BCUT2D eigenvalue weighted by Gasteiger charge is 2.23. The zero-order valence-corrected chi connectivity index (χ0v) is 30.9. The van der Waals surface area contributed by atoms with Crippen LogP contribution in [0, 0.1) is 0 Å². The molecule has 0 spiro atoms. The molecule has 4 heterocycles. The topological polar surface area (TPSA) is 40.6 Å². The summed E-state index contributed by atoms with van der Waals surface area (Å²) in [5, 5.41) is 12.8. The summed E-state index contributed by atoms with van der Waals surface area (Å²) < 4.78 is 9.51. The Hall–Kier alpha value is -7.28. The lowest BCUT2D eigenvalue weighted by Gasteiger charge is -2.15. The first kappa shape index (κ1) is 31.1. The van der Waals surface area contributed by atoms with E-state index in [0.29, 0.717) is 5.82 Å². The molecular weight excluding hydrogens is 703 g/mol. The monoisotopic (exact) mass is 733 g/mol. The van der Waals surface area contributed by atoms with E-state index in [9.17, 15) is 0 Å². The molecule has 0 N–H and O–H groups in total. The Balaban J connectivity index is 1.13. The molecule has 12 aromatic rings. The van der Waals surface area contributed by atoms with Crippen molar-refractivity contribution in [1.29, 1.82) is 0 Å². The molecule has 0 unspecified atom stereocenters. The van der Waals surface area contributed by atoms with Crippen LogP contribution in [-0.2, 0) is 0 Å². The molecule has 0 bridgehead atoms. The number of hydrogen-bond acceptors (Lipinski definition) is 3. The van der Waals surface area contributed by atoms with Gasteiger partial charge in [0.2, 0.25) is 0 Å². The van der Waals surface area contributed by atoms with Crippen LogP contribution in [0.4, 0.5) is 0 Å². The van der Waals surface area contributed by atoms with Crippen molar-refractivity contribution in [1.82, 2.24) is 23.9 Å². The lowest BCUT2D eigenvalue weighted by atomic mass is 10.1. The van der Waals surface area contributed by atoms with Crippen LogP contribution in [0.25, 0.3) is 104 Å². The predicted molar refractivity (Wildman–Crippen MR) is 234 cm³/mol. The van der Waals surface area contributed by atoms with E-state index in [1.165, 1.54) is 47.4 Å². The van der Waals surface area contributed by atoms with Gasteiger partial charge in [-0.05, 0) is 48.5 Å². The fourth-order valence-electron chi connectivity index (χ4n) is 8.69. The molecule has 0 saturated heterocycles. The van der Waals surface area contributed by atoms with Crippen LogP contribution in [0.1, 0.15) is 0 Å². The minimum absolute atomic E-state index is 0.685. The minimum Gasteiger partial charge on any atom is -0.309 e. The molecule has 0 aliphatic heterocycles. The number of fused-ring (bicyclic) bond motifs is 10. The average Bonchev–Trinajstić information content (AvgIpc) is 4.04. The number of para-hydroxylation sites is 3. The summed E-state index contributed by atoms with van der Waals surface area (Å²) >= 11 is 1.89. The zero-order valence-electron chi connectivity index (χ0n) is 30.0. The molecule has 0 aliphatic rings. The molecule has 0 radical (unpaired) electrons. The van der Waals surface area contributed by atoms with Crippen molar-refractivity contribution in [2.24, 2.45) is 0 Å². The highest BCUT2D eigenvalue weighted by molar-refractivity contribution is 7.26. The van der Waals surface area contributed by atoms with Gasteiger partial charge in [0, 0.05) is 64.2 Å². The standard InChI is InChI=1S/C50H31N5S/c1-3-15-32(16-4-1)49-51-50(33-17-5-2-6-18-33)55(52-49)44-27-14-24-38-36-21-7-10-25-41(36)54(47(38)44)35-20-13-19-34(31-35)53-42-26-11-8-23-40(42)46-43(53)30-29-39-37-22-9-12-28-45(37)56-48(39)46/h1-31H. The van der Waals surface area contributed by atoms with E-state index in [1.807, 2.05) is 40.3 Å². The van der Waals surface area contributed by atoms with Crippen molar-refractivity contribution in [3.8, 4) is 39.8 Å². The minimum atomic E-state index is 0.685. The number of thiophene rings is 1. The van der Waals surface area contributed by atoms with E-state index in [4.69, 9.17) is 10.1 Å². The highest BCUT2D eigenvalue weighted by atomic mass is 32.1. The van der Waals surface area contributed by atoms with Gasteiger partial charge in [-0.2, -0.15) is 0 Å². The number of hydrogen-bond donors (Lipinski definition) is 0. The smallest absolute Gasteiger partial charge is 0.182 e. The Labute approximate surface area is 325 Å². The molecule has 6 heteroatoms. The van der Waals surface area contributed by atoms with Crippen molar-refractivity contribution in [3.05, 3.63) is 188 Å². The molecule has 8 aromatic carbocycles. The molecule has 262 valence electrons. The van der Waals surface area contributed by atoms with Gasteiger partial charge in [-0.1, -0.05) is 140 Å². The maximum absolute atomic E-state index is 5.24. The van der Waals surface area contributed by atoms with Crippen molar-refractivity contribution in [3.63, 3.8) is 0 Å². The summed E-state index contributed by atoms with van der Waals surface area (Å²) in [6.07, 6.45) is 0. The second-order valence-corrected chi connectivity index (χ2v) is 15.3. The van der Waals surface area contributed by atoms with Crippen LogP contribution in [0.5, 0.6) is 0 Å². The second kappa shape index (κ2) is 12.1. The van der Waals surface area contributed by atoms with Crippen LogP contribution in [0.2, 0.25) is 0 Å². The fraction of sp³-hybridized carbons (Fsp3) is 0. The SMILES string of the molecule is c1ccc(-c2nc(-c3ccccc3)n(-c3cccc4c5ccccc5n(-c5cccc(-n6c7ccccc7c7c8sc9ccccc9c8ccc76)c5)c34)n2)cc1. The quantitative estimate of drug-likeness (QED) is 0.177. The summed E-state index contributed by atoms with van der Waals surface area (Å²) in [6.45, 7) is 0. The third-order valence-corrected chi connectivity index (χ3v) is 12.3. The maximum atomic E-state index is 5.24. The molecule has 5 nitrogen and oxygen atoms in total. The largest absolute Gasteiger partial charge is 0.309 e. The number of rotatable bonds is 5. The first-order valence-corrected chi connectivity index (χ1v) is 19.7. The van der Waals surface area contributed by atoms with Crippen molar-refractivity contribution >= 4 is 75.1 Å². The molecule has 4 aromatic heterocycles. The first-order chi connectivity index (χ1) is 27.8. The van der Waals surface area contributed by atoms with Gasteiger partial charge in [0.15, 0.2) is 11.6 Å². The molecule has 0 saturated carbocycles.